The zero-order valence-electron chi connectivity index (χ0n) is 10.1. The van der Waals surface area contributed by atoms with Crippen LogP contribution in [0.25, 0.3) is 0 Å². The lowest BCUT2D eigenvalue weighted by atomic mass is 9.98. The maximum absolute atomic E-state index is 13.5. The van der Waals surface area contributed by atoms with Crippen LogP contribution < -0.4 is 5.73 Å². The predicted octanol–water partition coefficient (Wildman–Crippen LogP) is 3.62. The van der Waals surface area contributed by atoms with Gasteiger partial charge in [0.15, 0.2) is 17.5 Å². The molecule has 20 heavy (non-hydrogen) atoms. The minimum Gasteiger partial charge on any atom is -0.324 e. The summed E-state index contributed by atoms with van der Waals surface area (Å²) in [5.74, 6) is -5.77. The molecular weight excluding hydrogens is 277 g/mol. The van der Waals surface area contributed by atoms with Crippen molar-refractivity contribution in [1.29, 1.82) is 0 Å². The van der Waals surface area contributed by atoms with Gasteiger partial charge >= 0.3 is 0 Å². The second-order valence-corrected chi connectivity index (χ2v) is 4.31. The third kappa shape index (κ3) is 2.80. The monoisotopic (exact) mass is 287 g/mol. The zero-order valence-corrected chi connectivity index (χ0v) is 10.1. The minimum absolute atomic E-state index is 0.0679. The third-order valence-electron chi connectivity index (χ3n) is 2.91. The molecule has 0 bridgehead atoms. The lowest BCUT2D eigenvalue weighted by Crippen LogP contribution is -2.17. The van der Waals surface area contributed by atoms with Crippen LogP contribution in [0.3, 0.4) is 0 Å². The van der Waals surface area contributed by atoms with Crippen LogP contribution in [0.2, 0.25) is 0 Å². The number of hydrogen-bond acceptors (Lipinski definition) is 1. The molecule has 0 heterocycles. The van der Waals surface area contributed by atoms with Gasteiger partial charge in [0.25, 0.3) is 0 Å². The van der Waals surface area contributed by atoms with Crippen molar-refractivity contribution in [2.24, 2.45) is 5.73 Å². The van der Waals surface area contributed by atoms with Gasteiger partial charge in [-0.1, -0.05) is 6.07 Å². The fourth-order valence-electron chi connectivity index (χ4n) is 1.87. The topological polar surface area (TPSA) is 26.0 Å². The summed E-state index contributed by atoms with van der Waals surface area (Å²) in [5, 5.41) is 0. The molecule has 0 radical (unpaired) electrons. The largest absolute Gasteiger partial charge is 0.324 e. The van der Waals surface area contributed by atoms with E-state index in [2.05, 4.69) is 0 Å². The molecule has 1 unspecified atom stereocenters. The molecule has 2 N–H and O–H groups in total. The summed E-state index contributed by atoms with van der Waals surface area (Å²) in [6.07, 6.45) is -0.244. The van der Waals surface area contributed by atoms with E-state index in [9.17, 15) is 22.0 Å². The van der Waals surface area contributed by atoms with Crippen LogP contribution in [-0.4, -0.2) is 0 Å². The first-order valence-electron chi connectivity index (χ1n) is 5.73. The van der Waals surface area contributed by atoms with E-state index < -0.39 is 35.1 Å². The highest BCUT2D eigenvalue weighted by Crippen LogP contribution is 2.24. The Hall–Kier alpha value is -1.95. The number of hydrogen-bond donors (Lipinski definition) is 1. The minimum atomic E-state index is -1.64. The van der Waals surface area contributed by atoms with E-state index in [0.717, 1.165) is 30.3 Å². The highest BCUT2D eigenvalue weighted by Gasteiger charge is 2.19. The molecule has 0 saturated carbocycles. The highest BCUT2D eigenvalue weighted by molar-refractivity contribution is 5.27. The second-order valence-electron chi connectivity index (χ2n) is 4.31. The standard InChI is InChI=1S/C14H10F5N/c15-8-1-3-10(16)7(5-8)6-12(20)9-2-4-11(17)14(19)13(9)18/h1-5,12H,6,20H2. The number of rotatable bonds is 3. The van der Waals surface area contributed by atoms with Crippen molar-refractivity contribution in [2.45, 2.75) is 12.5 Å². The Morgan fingerprint density at radius 3 is 2.20 bits per heavy atom. The maximum atomic E-state index is 13.5. The average molecular weight is 287 g/mol. The Labute approximate surface area is 111 Å². The molecule has 0 aliphatic rings. The van der Waals surface area contributed by atoms with Gasteiger partial charge in [0.05, 0.1) is 0 Å². The van der Waals surface area contributed by atoms with Crippen LogP contribution in [-0.2, 0) is 6.42 Å². The Morgan fingerprint density at radius 1 is 0.850 bits per heavy atom. The van der Waals surface area contributed by atoms with Crippen molar-refractivity contribution >= 4 is 0 Å². The van der Waals surface area contributed by atoms with Gasteiger partial charge in [-0.25, -0.2) is 22.0 Å². The van der Waals surface area contributed by atoms with Crippen LogP contribution in [0, 0.1) is 29.1 Å². The van der Waals surface area contributed by atoms with Crippen molar-refractivity contribution in [3.63, 3.8) is 0 Å². The first kappa shape index (κ1) is 14.5. The lowest BCUT2D eigenvalue weighted by Gasteiger charge is -2.14. The van der Waals surface area contributed by atoms with Crippen LogP contribution in [0.15, 0.2) is 30.3 Å². The molecule has 6 heteroatoms. The fourth-order valence-corrected chi connectivity index (χ4v) is 1.87. The van der Waals surface area contributed by atoms with Crippen molar-refractivity contribution in [3.05, 3.63) is 70.5 Å². The molecule has 106 valence electrons. The molecule has 1 nitrogen and oxygen atoms in total. The molecule has 0 spiro atoms. The van der Waals surface area contributed by atoms with E-state index in [1.54, 1.807) is 0 Å². The summed E-state index contributed by atoms with van der Waals surface area (Å²) in [7, 11) is 0. The molecule has 0 fully saturated rings. The molecule has 0 aliphatic carbocycles. The zero-order chi connectivity index (χ0) is 14.9. The molecule has 0 aliphatic heterocycles. The number of nitrogens with two attached hydrogens (primary N) is 1. The molecule has 1 atom stereocenters. The summed E-state index contributed by atoms with van der Waals surface area (Å²) in [6, 6.07) is 3.36. The van der Waals surface area contributed by atoms with Crippen LogP contribution in [0.1, 0.15) is 17.2 Å². The van der Waals surface area contributed by atoms with E-state index in [-0.39, 0.29) is 17.5 Å². The van der Waals surface area contributed by atoms with Gasteiger partial charge in [-0.3, -0.25) is 0 Å². The summed E-state index contributed by atoms with van der Waals surface area (Å²) < 4.78 is 65.9. The Balaban J connectivity index is 2.31. The molecule has 0 amide bonds. The van der Waals surface area contributed by atoms with Gasteiger partial charge in [-0.15, -0.1) is 0 Å². The molecular formula is C14H10F5N. The van der Waals surface area contributed by atoms with E-state index in [1.165, 1.54) is 0 Å². The van der Waals surface area contributed by atoms with Crippen LogP contribution in [0.4, 0.5) is 22.0 Å². The molecule has 0 aromatic heterocycles. The van der Waals surface area contributed by atoms with Gasteiger partial charge in [0.1, 0.15) is 11.6 Å². The van der Waals surface area contributed by atoms with Crippen molar-refractivity contribution < 1.29 is 22.0 Å². The summed E-state index contributed by atoms with van der Waals surface area (Å²) in [6.45, 7) is 0. The molecule has 2 rings (SSSR count). The molecule has 0 saturated heterocycles. The van der Waals surface area contributed by atoms with Crippen molar-refractivity contribution in [1.82, 2.24) is 0 Å². The normalized spacial score (nSPS) is 12.5. The van der Waals surface area contributed by atoms with Gasteiger partial charge in [0, 0.05) is 11.6 Å². The van der Waals surface area contributed by atoms with Crippen LogP contribution >= 0.6 is 0 Å². The Bertz CT molecular complexity index is 642. The van der Waals surface area contributed by atoms with E-state index in [1.807, 2.05) is 0 Å². The van der Waals surface area contributed by atoms with Crippen LogP contribution in [0.5, 0.6) is 0 Å². The summed E-state index contributed by atoms with van der Waals surface area (Å²) in [4.78, 5) is 0. The second kappa shape index (κ2) is 5.58. The summed E-state index contributed by atoms with van der Waals surface area (Å²) in [5.41, 5.74) is 5.28. The Kier molecular flexibility index (Phi) is 4.04. The predicted molar refractivity (Wildman–Crippen MR) is 63.3 cm³/mol. The number of halogens is 5. The highest BCUT2D eigenvalue weighted by atomic mass is 19.2. The van der Waals surface area contributed by atoms with Crippen molar-refractivity contribution in [3.8, 4) is 0 Å². The first-order chi connectivity index (χ1) is 9.40. The van der Waals surface area contributed by atoms with Gasteiger partial charge in [-0.2, -0.15) is 0 Å². The van der Waals surface area contributed by atoms with E-state index in [0.29, 0.717) is 0 Å². The van der Waals surface area contributed by atoms with Gasteiger partial charge in [-0.05, 0) is 36.2 Å². The molecule has 2 aromatic rings. The smallest absolute Gasteiger partial charge is 0.194 e. The van der Waals surface area contributed by atoms with Gasteiger partial charge in [0.2, 0.25) is 0 Å². The SMILES string of the molecule is NC(Cc1cc(F)ccc1F)c1ccc(F)c(F)c1F. The van der Waals surface area contributed by atoms with E-state index in [4.69, 9.17) is 5.73 Å². The van der Waals surface area contributed by atoms with Gasteiger partial charge < -0.3 is 5.73 Å². The number of benzene rings is 2. The lowest BCUT2D eigenvalue weighted by molar-refractivity contribution is 0.434. The Morgan fingerprint density at radius 2 is 1.50 bits per heavy atom. The average Bonchev–Trinajstić information content (AvgIpc) is 2.40. The third-order valence-corrected chi connectivity index (χ3v) is 2.91. The fraction of sp³-hybridized carbons (Fsp3) is 0.143. The van der Waals surface area contributed by atoms with Crippen molar-refractivity contribution in [2.75, 3.05) is 0 Å². The first-order valence-corrected chi connectivity index (χ1v) is 5.73. The quantitative estimate of drug-likeness (QED) is 0.677. The maximum Gasteiger partial charge on any atom is 0.194 e. The molecule has 2 aromatic carbocycles. The van der Waals surface area contributed by atoms with E-state index >= 15 is 0 Å². The summed E-state index contributed by atoms with van der Waals surface area (Å²) >= 11 is 0.